The molecule has 0 bridgehead atoms. The van der Waals surface area contributed by atoms with Gasteiger partial charge in [0.2, 0.25) is 0 Å². The number of hydrogen-bond donors (Lipinski definition) is 1. The van der Waals surface area contributed by atoms with Gasteiger partial charge < -0.3 is 19.4 Å². The van der Waals surface area contributed by atoms with Crippen molar-refractivity contribution in [2.45, 2.75) is 46.1 Å². The number of ether oxygens (including phenoxy) is 2. The molecule has 7 nitrogen and oxygen atoms in total. The topological polar surface area (TPSA) is 90.2 Å². The number of benzene rings is 1. The van der Waals surface area contributed by atoms with Gasteiger partial charge in [0, 0.05) is 11.8 Å². The van der Waals surface area contributed by atoms with Crippen LogP contribution in [0.1, 0.15) is 61.6 Å². The SMILES string of the molecule is CCO/C=C(/C(=O)O)c1cccc(C)c1/C(=N\OC(CC)c1ccccn1)OCC1CC1. The minimum atomic E-state index is -1.09. The number of pyridine rings is 1. The third kappa shape index (κ3) is 6.09. The zero-order valence-corrected chi connectivity index (χ0v) is 18.8. The molecule has 32 heavy (non-hydrogen) atoms. The quantitative estimate of drug-likeness (QED) is 0.172. The molecule has 0 saturated heterocycles. The fourth-order valence-electron chi connectivity index (χ4n) is 3.21. The molecule has 1 N–H and O–H groups in total. The maximum atomic E-state index is 12.0. The molecule has 1 aromatic heterocycles. The molecule has 1 unspecified atom stereocenters. The fraction of sp³-hybridized carbons (Fsp3) is 0.400. The predicted molar refractivity (Wildman–Crippen MR) is 122 cm³/mol. The summed E-state index contributed by atoms with van der Waals surface area (Å²) in [5.74, 6) is -0.334. The van der Waals surface area contributed by atoms with Gasteiger partial charge >= 0.3 is 5.97 Å². The van der Waals surface area contributed by atoms with Crippen molar-refractivity contribution in [1.29, 1.82) is 0 Å². The van der Waals surface area contributed by atoms with Crippen LogP contribution in [0, 0.1) is 12.8 Å². The Hall–Kier alpha value is -3.35. The number of aryl methyl sites for hydroxylation is 1. The molecule has 3 rings (SSSR count). The highest BCUT2D eigenvalue weighted by molar-refractivity contribution is 6.18. The Balaban J connectivity index is 2.01. The molecule has 0 amide bonds. The van der Waals surface area contributed by atoms with Gasteiger partial charge in [0.25, 0.3) is 5.90 Å². The second-order valence-electron chi connectivity index (χ2n) is 7.70. The zero-order chi connectivity index (χ0) is 22.9. The number of aliphatic carboxylic acids is 1. The average molecular weight is 439 g/mol. The van der Waals surface area contributed by atoms with Gasteiger partial charge in [0.05, 0.1) is 30.7 Å². The van der Waals surface area contributed by atoms with Crippen LogP contribution < -0.4 is 0 Å². The Morgan fingerprint density at radius 3 is 2.69 bits per heavy atom. The van der Waals surface area contributed by atoms with Gasteiger partial charge in [0.15, 0.2) is 6.10 Å². The van der Waals surface area contributed by atoms with Gasteiger partial charge in [-0.15, -0.1) is 0 Å². The summed E-state index contributed by atoms with van der Waals surface area (Å²) < 4.78 is 11.4. The van der Waals surface area contributed by atoms with E-state index in [9.17, 15) is 9.90 Å². The highest BCUT2D eigenvalue weighted by Gasteiger charge is 2.26. The van der Waals surface area contributed by atoms with Crippen LogP contribution in [0.3, 0.4) is 0 Å². The standard InChI is InChI=1S/C25H30N2O5/c1-4-22(21-11-6-7-14-26-21)32-27-24(31-15-18-12-13-18)23-17(3)9-8-10-19(23)20(25(28)29)16-30-5-2/h6-11,14,16,18,22H,4-5,12-13,15H2,1-3H3,(H,28,29)/b20-16+,27-24+. The molecule has 170 valence electrons. The van der Waals surface area contributed by atoms with Crippen LogP contribution in [-0.4, -0.2) is 35.2 Å². The van der Waals surface area contributed by atoms with Crippen LogP contribution in [0.5, 0.6) is 0 Å². The van der Waals surface area contributed by atoms with E-state index in [1.54, 1.807) is 25.3 Å². The van der Waals surface area contributed by atoms with Crippen LogP contribution in [0.4, 0.5) is 0 Å². The second-order valence-corrected chi connectivity index (χ2v) is 7.70. The Kier molecular flexibility index (Phi) is 8.25. The van der Waals surface area contributed by atoms with Crippen molar-refractivity contribution in [2.24, 2.45) is 11.1 Å². The van der Waals surface area contributed by atoms with Crippen LogP contribution in [0.25, 0.3) is 5.57 Å². The summed E-state index contributed by atoms with van der Waals surface area (Å²) in [6.45, 7) is 6.56. The van der Waals surface area contributed by atoms with Crippen molar-refractivity contribution in [3.63, 3.8) is 0 Å². The Morgan fingerprint density at radius 2 is 2.06 bits per heavy atom. The monoisotopic (exact) mass is 438 g/mol. The van der Waals surface area contributed by atoms with Gasteiger partial charge in [-0.1, -0.05) is 31.2 Å². The van der Waals surface area contributed by atoms with E-state index in [1.807, 2.05) is 38.1 Å². The first kappa shape index (κ1) is 23.3. The molecular weight excluding hydrogens is 408 g/mol. The number of carbonyl (C=O) groups is 1. The Bertz CT molecular complexity index is 968. The van der Waals surface area contributed by atoms with Gasteiger partial charge in [-0.25, -0.2) is 4.79 Å². The minimum absolute atomic E-state index is 0.0324. The molecule has 7 heteroatoms. The smallest absolute Gasteiger partial charge is 0.339 e. The molecule has 0 spiro atoms. The van der Waals surface area contributed by atoms with Crippen molar-refractivity contribution in [1.82, 2.24) is 4.98 Å². The van der Waals surface area contributed by atoms with E-state index in [4.69, 9.17) is 14.3 Å². The molecule has 1 fully saturated rings. The average Bonchev–Trinajstić information content (AvgIpc) is 3.62. The van der Waals surface area contributed by atoms with Crippen molar-refractivity contribution < 1.29 is 24.2 Å². The van der Waals surface area contributed by atoms with Gasteiger partial charge in [-0.05, 0) is 61.9 Å². The third-order valence-electron chi connectivity index (χ3n) is 5.18. The summed E-state index contributed by atoms with van der Waals surface area (Å²) in [5.41, 5.74) is 2.68. The first-order valence-corrected chi connectivity index (χ1v) is 11.0. The first-order valence-electron chi connectivity index (χ1n) is 11.0. The highest BCUT2D eigenvalue weighted by Crippen LogP contribution is 2.31. The number of aromatic nitrogens is 1. The molecule has 1 aliphatic rings. The van der Waals surface area contributed by atoms with Crippen LogP contribution in [0.15, 0.2) is 54.0 Å². The van der Waals surface area contributed by atoms with Gasteiger partial charge in [0.1, 0.15) is 5.57 Å². The van der Waals surface area contributed by atoms with E-state index in [2.05, 4.69) is 10.1 Å². The Labute approximate surface area is 188 Å². The lowest BCUT2D eigenvalue weighted by Gasteiger charge is -2.18. The van der Waals surface area contributed by atoms with E-state index in [-0.39, 0.29) is 17.6 Å². The molecule has 1 heterocycles. The summed E-state index contributed by atoms with van der Waals surface area (Å²) in [5, 5.41) is 14.2. The van der Waals surface area contributed by atoms with E-state index in [0.29, 0.717) is 36.7 Å². The molecular formula is C25H30N2O5. The van der Waals surface area contributed by atoms with Crippen LogP contribution >= 0.6 is 0 Å². The van der Waals surface area contributed by atoms with Crippen molar-refractivity contribution in [3.8, 4) is 0 Å². The normalized spacial score (nSPS) is 15.2. The maximum absolute atomic E-state index is 12.0. The summed E-state index contributed by atoms with van der Waals surface area (Å²) in [6, 6.07) is 11.1. The molecule has 1 atom stereocenters. The number of rotatable bonds is 11. The highest BCUT2D eigenvalue weighted by atomic mass is 16.7. The molecule has 1 saturated carbocycles. The number of hydrogen-bond acceptors (Lipinski definition) is 6. The minimum Gasteiger partial charge on any atom is -0.501 e. The first-order chi connectivity index (χ1) is 15.5. The van der Waals surface area contributed by atoms with Crippen molar-refractivity contribution in [3.05, 3.63) is 71.2 Å². The van der Waals surface area contributed by atoms with E-state index < -0.39 is 5.97 Å². The number of carboxylic acids is 1. The van der Waals surface area contributed by atoms with Gasteiger partial charge in [-0.2, -0.15) is 0 Å². The fourth-order valence-corrected chi connectivity index (χ4v) is 3.21. The van der Waals surface area contributed by atoms with Crippen molar-refractivity contribution >= 4 is 17.4 Å². The lowest BCUT2D eigenvalue weighted by atomic mass is 9.96. The molecule has 0 aliphatic heterocycles. The summed E-state index contributed by atoms with van der Waals surface area (Å²) in [6.07, 6.45) is 5.54. The van der Waals surface area contributed by atoms with Crippen LogP contribution in [0.2, 0.25) is 0 Å². The summed E-state index contributed by atoms with van der Waals surface area (Å²) in [7, 11) is 0. The van der Waals surface area contributed by atoms with Gasteiger partial charge in [-0.3, -0.25) is 4.98 Å². The number of nitrogens with zero attached hydrogens (tertiary/aromatic N) is 2. The molecule has 1 aliphatic carbocycles. The summed E-state index contributed by atoms with van der Waals surface area (Å²) >= 11 is 0. The molecule has 2 aromatic rings. The summed E-state index contributed by atoms with van der Waals surface area (Å²) in [4.78, 5) is 22.2. The van der Waals surface area contributed by atoms with E-state index >= 15 is 0 Å². The zero-order valence-electron chi connectivity index (χ0n) is 18.8. The largest absolute Gasteiger partial charge is 0.501 e. The number of carboxylic acid groups (broad SMARTS) is 1. The molecule has 0 radical (unpaired) electrons. The van der Waals surface area contributed by atoms with E-state index in [1.165, 1.54) is 6.26 Å². The predicted octanol–water partition coefficient (Wildman–Crippen LogP) is 5.11. The lowest BCUT2D eigenvalue weighted by molar-refractivity contribution is -0.130. The maximum Gasteiger partial charge on any atom is 0.339 e. The molecule has 1 aromatic carbocycles. The second kappa shape index (κ2) is 11.3. The van der Waals surface area contributed by atoms with E-state index in [0.717, 1.165) is 24.1 Å². The Morgan fingerprint density at radius 1 is 1.25 bits per heavy atom. The number of oxime groups is 1. The lowest BCUT2D eigenvalue weighted by Crippen LogP contribution is -2.16. The third-order valence-corrected chi connectivity index (χ3v) is 5.18. The van der Waals surface area contributed by atoms with Crippen LogP contribution in [-0.2, 0) is 19.1 Å². The van der Waals surface area contributed by atoms with Crippen molar-refractivity contribution in [2.75, 3.05) is 13.2 Å².